The molecule has 0 spiro atoms. The van der Waals surface area contributed by atoms with E-state index in [0.29, 0.717) is 18.5 Å². The summed E-state index contributed by atoms with van der Waals surface area (Å²) < 4.78 is 0. The predicted molar refractivity (Wildman–Crippen MR) is 75.5 cm³/mol. The number of aromatic nitrogens is 1. The molecule has 0 aromatic carbocycles. The lowest BCUT2D eigenvalue weighted by atomic mass is 9.95. The highest BCUT2D eigenvalue weighted by atomic mass is 35.5. The van der Waals surface area contributed by atoms with Crippen LogP contribution in [0.5, 0.6) is 0 Å². The third kappa shape index (κ3) is 3.10. The molecule has 0 radical (unpaired) electrons. The number of carbonyl (C=O) groups excluding carboxylic acids is 1. The van der Waals surface area contributed by atoms with Crippen molar-refractivity contribution in [3.05, 3.63) is 23.5 Å². The van der Waals surface area contributed by atoms with Crippen molar-refractivity contribution in [1.82, 2.24) is 4.98 Å². The zero-order chi connectivity index (χ0) is 14.7. The molecule has 3 unspecified atom stereocenters. The van der Waals surface area contributed by atoms with Gasteiger partial charge in [0.15, 0.2) is 5.15 Å². The second-order valence-electron chi connectivity index (χ2n) is 5.13. The zero-order valence-corrected chi connectivity index (χ0v) is 11.9. The first-order chi connectivity index (χ1) is 9.52. The fourth-order valence-corrected chi connectivity index (χ4v) is 2.91. The maximum Gasteiger partial charge on any atom is 0.307 e. The molecule has 1 heterocycles. The molecular weight excluding hydrogens is 280 g/mol. The lowest BCUT2D eigenvalue weighted by Crippen LogP contribution is -2.30. The number of aliphatic carboxylic acids is 1. The first-order valence-corrected chi connectivity index (χ1v) is 7.04. The number of carboxylic acid groups (broad SMARTS) is 1. The number of anilines is 1. The van der Waals surface area contributed by atoms with Gasteiger partial charge in [0.25, 0.3) is 0 Å². The van der Waals surface area contributed by atoms with Gasteiger partial charge < -0.3 is 10.4 Å². The number of carbonyl (C=O) groups is 2. The summed E-state index contributed by atoms with van der Waals surface area (Å²) in [5.74, 6) is -2.03. The van der Waals surface area contributed by atoms with Crippen LogP contribution in [0.3, 0.4) is 0 Å². The van der Waals surface area contributed by atoms with Crippen LogP contribution in [0.2, 0.25) is 5.15 Å². The fourth-order valence-electron chi connectivity index (χ4n) is 2.74. The van der Waals surface area contributed by atoms with Crippen molar-refractivity contribution in [2.45, 2.75) is 26.2 Å². The highest BCUT2D eigenvalue weighted by molar-refractivity contribution is 6.32. The number of nitrogens with one attached hydrogen (secondary N) is 1. The second kappa shape index (κ2) is 6.22. The Morgan fingerprint density at radius 3 is 2.75 bits per heavy atom. The first-order valence-electron chi connectivity index (χ1n) is 6.67. The minimum absolute atomic E-state index is 0.206. The van der Waals surface area contributed by atoms with Crippen LogP contribution in [0.1, 0.15) is 26.2 Å². The summed E-state index contributed by atoms with van der Waals surface area (Å²) in [6.07, 6.45) is 3.59. The normalized spacial score (nSPS) is 25.4. The van der Waals surface area contributed by atoms with E-state index in [9.17, 15) is 14.7 Å². The quantitative estimate of drug-likeness (QED) is 0.837. The smallest absolute Gasteiger partial charge is 0.307 e. The van der Waals surface area contributed by atoms with Crippen molar-refractivity contribution in [1.29, 1.82) is 0 Å². The van der Waals surface area contributed by atoms with Crippen molar-refractivity contribution < 1.29 is 14.7 Å². The van der Waals surface area contributed by atoms with Gasteiger partial charge in [0.1, 0.15) is 0 Å². The van der Waals surface area contributed by atoms with Crippen LogP contribution in [-0.2, 0) is 9.59 Å². The molecule has 5 nitrogen and oxygen atoms in total. The standard InChI is InChI=1S/C14H17ClN2O3/c1-2-8-6-9(10(7-8)14(19)20)13(18)17-11-4-3-5-16-12(11)15/h3-5,8-10H,2,6-7H2,1H3,(H,17,18)(H,19,20). The van der Waals surface area contributed by atoms with Gasteiger partial charge in [-0.25, -0.2) is 4.98 Å². The number of nitrogens with zero attached hydrogens (tertiary/aromatic N) is 1. The summed E-state index contributed by atoms with van der Waals surface area (Å²) in [7, 11) is 0. The number of amides is 1. The van der Waals surface area contributed by atoms with E-state index in [1.54, 1.807) is 12.1 Å². The number of pyridine rings is 1. The Morgan fingerprint density at radius 2 is 2.15 bits per heavy atom. The molecule has 2 N–H and O–H groups in total. The van der Waals surface area contributed by atoms with Gasteiger partial charge in [-0.05, 0) is 30.9 Å². The van der Waals surface area contributed by atoms with Gasteiger partial charge in [-0.3, -0.25) is 9.59 Å². The van der Waals surface area contributed by atoms with E-state index >= 15 is 0 Å². The topological polar surface area (TPSA) is 79.3 Å². The summed E-state index contributed by atoms with van der Waals surface area (Å²) in [5, 5.41) is 12.1. The number of hydrogen-bond acceptors (Lipinski definition) is 3. The van der Waals surface area contributed by atoms with Crippen LogP contribution in [0, 0.1) is 17.8 Å². The lowest BCUT2D eigenvalue weighted by molar-refractivity contribution is -0.145. The van der Waals surface area contributed by atoms with Gasteiger partial charge in [0.05, 0.1) is 17.5 Å². The van der Waals surface area contributed by atoms with Crippen molar-refractivity contribution in [2.75, 3.05) is 5.32 Å². The van der Waals surface area contributed by atoms with Crippen molar-refractivity contribution in [3.8, 4) is 0 Å². The molecule has 1 fully saturated rings. The highest BCUT2D eigenvalue weighted by Gasteiger charge is 2.42. The second-order valence-corrected chi connectivity index (χ2v) is 5.49. The van der Waals surface area contributed by atoms with Crippen LogP contribution < -0.4 is 5.32 Å². The van der Waals surface area contributed by atoms with E-state index in [1.807, 2.05) is 6.92 Å². The molecular formula is C14H17ClN2O3. The largest absolute Gasteiger partial charge is 0.481 e. The lowest BCUT2D eigenvalue weighted by Gasteiger charge is -2.15. The third-order valence-corrected chi connectivity index (χ3v) is 4.21. The van der Waals surface area contributed by atoms with Gasteiger partial charge in [-0.1, -0.05) is 24.9 Å². The number of carboxylic acids is 1. The Labute approximate surface area is 122 Å². The Bertz CT molecular complexity index is 521. The maximum absolute atomic E-state index is 12.3. The fraction of sp³-hybridized carbons (Fsp3) is 0.500. The van der Waals surface area contributed by atoms with Crippen LogP contribution in [0.4, 0.5) is 5.69 Å². The van der Waals surface area contributed by atoms with Gasteiger partial charge in [0, 0.05) is 6.20 Å². The first kappa shape index (κ1) is 14.8. The van der Waals surface area contributed by atoms with Crippen LogP contribution in [0.15, 0.2) is 18.3 Å². The molecule has 20 heavy (non-hydrogen) atoms. The zero-order valence-electron chi connectivity index (χ0n) is 11.2. The van der Waals surface area contributed by atoms with Crippen molar-refractivity contribution in [3.63, 3.8) is 0 Å². The molecule has 3 atom stereocenters. The summed E-state index contributed by atoms with van der Waals surface area (Å²) in [6, 6.07) is 3.31. The van der Waals surface area contributed by atoms with Crippen molar-refractivity contribution in [2.24, 2.45) is 17.8 Å². The molecule has 1 aliphatic carbocycles. The van der Waals surface area contributed by atoms with Crippen molar-refractivity contribution >= 4 is 29.2 Å². The van der Waals surface area contributed by atoms with Crippen LogP contribution >= 0.6 is 11.6 Å². The van der Waals surface area contributed by atoms with E-state index in [0.717, 1.165) is 6.42 Å². The molecule has 0 aliphatic heterocycles. The third-order valence-electron chi connectivity index (χ3n) is 3.91. The van der Waals surface area contributed by atoms with Crippen LogP contribution in [-0.4, -0.2) is 22.0 Å². The van der Waals surface area contributed by atoms with E-state index in [4.69, 9.17) is 11.6 Å². The minimum atomic E-state index is -0.904. The summed E-state index contributed by atoms with van der Waals surface area (Å²) in [5.41, 5.74) is 0.420. The monoisotopic (exact) mass is 296 g/mol. The Balaban J connectivity index is 2.11. The Morgan fingerprint density at radius 1 is 1.45 bits per heavy atom. The molecule has 1 aromatic heterocycles. The van der Waals surface area contributed by atoms with Gasteiger partial charge in [0.2, 0.25) is 5.91 Å². The predicted octanol–water partition coefficient (Wildman–Crippen LogP) is 2.81. The van der Waals surface area contributed by atoms with Crippen LogP contribution in [0.25, 0.3) is 0 Å². The van der Waals surface area contributed by atoms with E-state index in [2.05, 4.69) is 10.3 Å². The number of rotatable bonds is 4. The molecule has 0 saturated heterocycles. The van der Waals surface area contributed by atoms with Gasteiger partial charge in [-0.15, -0.1) is 0 Å². The molecule has 1 aromatic rings. The maximum atomic E-state index is 12.3. The molecule has 1 saturated carbocycles. The van der Waals surface area contributed by atoms with Gasteiger partial charge >= 0.3 is 5.97 Å². The van der Waals surface area contributed by atoms with Gasteiger partial charge in [-0.2, -0.15) is 0 Å². The van der Waals surface area contributed by atoms with E-state index in [-0.39, 0.29) is 17.0 Å². The number of halogens is 1. The van der Waals surface area contributed by atoms with E-state index < -0.39 is 17.8 Å². The average Bonchev–Trinajstić information content (AvgIpc) is 2.86. The molecule has 108 valence electrons. The molecule has 2 rings (SSSR count). The molecule has 1 amide bonds. The summed E-state index contributed by atoms with van der Waals surface area (Å²) in [6.45, 7) is 2.02. The Kier molecular flexibility index (Phi) is 4.60. The molecule has 0 bridgehead atoms. The Hall–Kier alpha value is -1.62. The highest BCUT2D eigenvalue weighted by Crippen LogP contribution is 2.39. The number of hydrogen-bond donors (Lipinski definition) is 2. The summed E-state index contributed by atoms with van der Waals surface area (Å²) >= 11 is 5.89. The molecule has 1 aliphatic rings. The average molecular weight is 297 g/mol. The SMILES string of the molecule is CCC1CC(C(=O)O)C(C(=O)Nc2cccnc2Cl)C1. The minimum Gasteiger partial charge on any atom is -0.481 e. The molecule has 6 heteroatoms. The van der Waals surface area contributed by atoms with E-state index in [1.165, 1.54) is 6.20 Å². The summed E-state index contributed by atoms with van der Waals surface area (Å²) in [4.78, 5) is 27.4.